The average Bonchev–Trinajstić information content (AvgIpc) is 2.09. The molecule has 2 heteroatoms. The van der Waals surface area contributed by atoms with Crippen LogP contribution in [0.1, 0.15) is 18.1 Å². The topological polar surface area (TPSA) is 26.3 Å². The summed E-state index contributed by atoms with van der Waals surface area (Å²) < 4.78 is 4.80. The van der Waals surface area contributed by atoms with Gasteiger partial charge in [-0.1, -0.05) is 29.8 Å². The van der Waals surface area contributed by atoms with Gasteiger partial charge in [-0.05, 0) is 19.4 Å². The van der Waals surface area contributed by atoms with E-state index < -0.39 is 0 Å². The Balaban J connectivity index is 2.53. The molecule has 0 fully saturated rings. The molecule has 0 radical (unpaired) electrons. The van der Waals surface area contributed by atoms with Crippen molar-refractivity contribution in [2.75, 3.05) is 0 Å². The van der Waals surface area contributed by atoms with Gasteiger partial charge in [0.05, 0.1) is 0 Å². The molecule has 0 aliphatic rings. The highest BCUT2D eigenvalue weighted by molar-refractivity contribution is 5.37. The molecule has 0 aromatic heterocycles. The Labute approximate surface area is 78.5 Å². The zero-order valence-corrected chi connectivity index (χ0v) is 7.99. The molecule has 0 amide bonds. The summed E-state index contributed by atoms with van der Waals surface area (Å²) in [4.78, 5) is 10.0. The minimum absolute atomic E-state index is 0.0415. The van der Waals surface area contributed by atoms with Crippen LogP contribution in [0.3, 0.4) is 0 Å². The van der Waals surface area contributed by atoms with E-state index in [1.807, 2.05) is 6.92 Å². The van der Waals surface area contributed by atoms with Crippen molar-refractivity contribution in [2.45, 2.75) is 26.4 Å². The summed E-state index contributed by atoms with van der Waals surface area (Å²) in [6, 6.07) is 8.23. The highest BCUT2D eigenvalue weighted by atomic mass is 16.5. The molecule has 0 aliphatic carbocycles. The normalized spacial score (nSPS) is 12.2. The van der Waals surface area contributed by atoms with Crippen molar-refractivity contribution in [3.8, 4) is 0 Å². The van der Waals surface area contributed by atoms with Crippen LogP contribution in [0.4, 0.5) is 0 Å². The Morgan fingerprint density at radius 3 is 2.54 bits per heavy atom. The van der Waals surface area contributed by atoms with E-state index in [1.165, 1.54) is 11.1 Å². The number of hydrogen-bond donors (Lipinski definition) is 0. The van der Waals surface area contributed by atoms with Crippen LogP contribution >= 0.6 is 0 Å². The molecule has 13 heavy (non-hydrogen) atoms. The summed E-state index contributed by atoms with van der Waals surface area (Å²) in [7, 11) is 0. The van der Waals surface area contributed by atoms with Gasteiger partial charge in [0.1, 0.15) is 6.10 Å². The third-order valence-corrected chi connectivity index (χ3v) is 1.93. The molecular weight excluding hydrogens is 164 g/mol. The molecule has 0 aliphatic heterocycles. The number of ether oxygens (including phenoxy) is 1. The smallest absolute Gasteiger partial charge is 0.293 e. The molecule has 1 aromatic rings. The fraction of sp³-hybridized carbons (Fsp3) is 0.364. The molecule has 0 N–H and O–H groups in total. The molecular formula is C11H14O2. The number of hydrogen-bond acceptors (Lipinski definition) is 2. The standard InChI is InChI=1S/C11H14O2/c1-9-3-5-11(6-4-9)7-10(2)13-8-12/h3-6,8,10H,7H2,1-2H3. The van der Waals surface area contributed by atoms with Crippen LogP contribution < -0.4 is 0 Å². The molecule has 1 unspecified atom stereocenters. The molecule has 0 heterocycles. The van der Waals surface area contributed by atoms with Crippen LogP contribution in [-0.4, -0.2) is 12.6 Å². The lowest BCUT2D eigenvalue weighted by molar-refractivity contribution is -0.132. The van der Waals surface area contributed by atoms with E-state index in [0.29, 0.717) is 6.47 Å². The van der Waals surface area contributed by atoms with Gasteiger partial charge in [0.25, 0.3) is 6.47 Å². The predicted octanol–water partition coefficient (Wildman–Crippen LogP) is 2.10. The van der Waals surface area contributed by atoms with Crippen molar-refractivity contribution in [3.05, 3.63) is 35.4 Å². The van der Waals surface area contributed by atoms with Crippen molar-refractivity contribution in [2.24, 2.45) is 0 Å². The molecule has 1 rings (SSSR count). The monoisotopic (exact) mass is 178 g/mol. The van der Waals surface area contributed by atoms with E-state index in [9.17, 15) is 4.79 Å². The van der Waals surface area contributed by atoms with Crippen LogP contribution in [0, 0.1) is 6.92 Å². The predicted molar refractivity (Wildman–Crippen MR) is 51.5 cm³/mol. The second kappa shape index (κ2) is 4.65. The summed E-state index contributed by atoms with van der Waals surface area (Å²) in [6.07, 6.45) is 0.735. The van der Waals surface area contributed by atoms with Crippen molar-refractivity contribution in [1.82, 2.24) is 0 Å². The van der Waals surface area contributed by atoms with E-state index >= 15 is 0 Å². The molecule has 70 valence electrons. The van der Waals surface area contributed by atoms with E-state index in [4.69, 9.17) is 4.74 Å². The maximum absolute atomic E-state index is 10.0. The summed E-state index contributed by atoms with van der Waals surface area (Å²) in [6.45, 7) is 4.43. The summed E-state index contributed by atoms with van der Waals surface area (Å²) >= 11 is 0. The van der Waals surface area contributed by atoms with Crippen molar-refractivity contribution < 1.29 is 9.53 Å². The number of benzene rings is 1. The fourth-order valence-corrected chi connectivity index (χ4v) is 1.20. The highest BCUT2D eigenvalue weighted by Gasteiger charge is 2.02. The quantitative estimate of drug-likeness (QED) is 0.660. The number of rotatable bonds is 4. The SMILES string of the molecule is Cc1ccc(CC(C)OC=O)cc1. The average molecular weight is 178 g/mol. The first kappa shape index (κ1) is 9.78. The van der Waals surface area contributed by atoms with E-state index in [0.717, 1.165) is 6.42 Å². The van der Waals surface area contributed by atoms with Gasteiger partial charge < -0.3 is 4.74 Å². The molecule has 0 bridgehead atoms. The molecule has 1 aromatic carbocycles. The summed E-state index contributed by atoms with van der Waals surface area (Å²) in [5.74, 6) is 0. The summed E-state index contributed by atoms with van der Waals surface area (Å²) in [5.41, 5.74) is 2.44. The van der Waals surface area contributed by atoms with Crippen LogP contribution in [-0.2, 0) is 16.0 Å². The number of carbonyl (C=O) groups excluding carboxylic acids is 1. The first-order chi connectivity index (χ1) is 6.22. The van der Waals surface area contributed by atoms with E-state index in [2.05, 4.69) is 31.2 Å². The van der Waals surface area contributed by atoms with Gasteiger partial charge in [0.2, 0.25) is 0 Å². The Hall–Kier alpha value is -1.31. The zero-order chi connectivity index (χ0) is 9.68. The molecule has 0 saturated carbocycles. The lowest BCUT2D eigenvalue weighted by Gasteiger charge is -2.08. The van der Waals surface area contributed by atoms with Crippen LogP contribution in [0.5, 0.6) is 0 Å². The van der Waals surface area contributed by atoms with Gasteiger partial charge in [0.15, 0.2) is 0 Å². The second-order valence-electron chi connectivity index (χ2n) is 3.23. The molecule has 2 nitrogen and oxygen atoms in total. The third kappa shape index (κ3) is 3.28. The zero-order valence-electron chi connectivity index (χ0n) is 7.99. The molecule has 1 atom stereocenters. The first-order valence-electron chi connectivity index (χ1n) is 4.37. The van der Waals surface area contributed by atoms with Crippen LogP contribution in [0.15, 0.2) is 24.3 Å². The third-order valence-electron chi connectivity index (χ3n) is 1.93. The largest absolute Gasteiger partial charge is 0.465 e. The van der Waals surface area contributed by atoms with E-state index in [-0.39, 0.29) is 6.10 Å². The maximum Gasteiger partial charge on any atom is 0.293 e. The minimum Gasteiger partial charge on any atom is -0.465 e. The van der Waals surface area contributed by atoms with Crippen molar-refractivity contribution in [3.63, 3.8) is 0 Å². The number of carbonyl (C=O) groups is 1. The minimum atomic E-state index is -0.0415. The Bertz CT molecular complexity index is 264. The Morgan fingerprint density at radius 1 is 1.38 bits per heavy atom. The van der Waals surface area contributed by atoms with Crippen molar-refractivity contribution in [1.29, 1.82) is 0 Å². The second-order valence-corrected chi connectivity index (χ2v) is 3.23. The van der Waals surface area contributed by atoms with Gasteiger partial charge in [-0.2, -0.15) is 0 Å². The maximum atomic E-state index is 10.0. The van der Waals surface area contributed by atoms with Crippen LogP contribution in [0.2, 0.25) is 0 Å². The lowest BCUT2D eigenvalue weighted by atomic mass is 10.1. The van der Waals surface area contributed by atoms with Crippen LogP contribution in [0.25, 0.3) is 0 Å². The molecule has 0 spiro atoms. The highest BCUT2D eigenvalue weighted by Crippen LogP contribution is 2.07. The van der Waals surface area contributed by atoms with Gasteiger partial charge in [0, 0.05) is 6.42 Å². The fourth-order valence-electron chi connectivity index (χ4n) is 1.20. The van der Waals surface area contributed by atoms with Gasteiger partial charge in [-0.3, -0.25) is 4.79 Å². The van der Waals surface area contributed by atoms with Gasteiger partial charge >= 0.3 is 0 Å². The Morgan fingerprint density at radius 2 is 2.00 bits per heavy atom. The van der Waals surface area contributed by atoms with Gasteiger partial charge in [-0.25, -0.2) is 0 Å². The first-order valence-corrected chi connectivity index (χ1v) is 4.37. The Kier molecular flexibility index (Phi) is 3.50. The summed E-state index contributed by atoms with van der Waals surface area (Å²) in [5, 5.41) is 0. The number of aryl methyl sites for hydroxylation is 1. The van der Waals surface area contributed by atoms with E-state index in [1.54, 1.807) is 0 Å². The molecule has 0 saturated heterocycles. The van der Waals surface area contributed by atoms with Crippen molar-refractivity contribution >= 4 is 6.47 Å². The van der Waals surface area contributed by atoms with Gasteiger partial charge in [-0.15, -0.1) is 0 Å². The lowest BCUT2D eigenvalue weighted by Crippen LogP contribution is -2.10.